The maximum absolute atomic E-state index is 13.4. The topological polar surface area (TPSA) is 51.8 Å². The van der Waals surface area contributed by atoms with Gasteiger partial charge in [0, 0.05) is 49.9 Å². The summed E-state index contributed by atoms with van der Waals surface area (Å²) in [6.45, 7) is 6.23. The summed E-state index contributed by atoms with van der Waals surface area (Å²) in [5.41, 5.74) is 8.29. The Bertz CT molecular complexity index is 1690. The predicted molar refractivity (Wildman–Crippen MR) is 139 cm³/mol. The zero-order chi connectivity index (χ0) is 24.9. The van der Waals surface area contributed by atoms with E-state index in [1.165, 1.54) is 6.07 Å². The van der Waals surface area contributed by atoms with Crippen LogP contribution in [0.3, 0.4) is 0 Å². The third kappa shape index (κ3) is 4.26. The molecule has 1 aliphatic carbocycles. The first kappa shape index (κ1) is 24.9. The van der Waals surface area contributed by atoms with Gasteiger partial charge in [0.1, 0.15) is 5.58 Å². The molecule has 0 spiro atoms. The summed E-state index contributed by atoms with van der Waals surface area (Å²) in [6.07, 6.45) is 7.12. The van der Waals surface area contributed by atoms with Crippen molar-refractivity contribution in [2.75, 3.05) is 0 Å². The Morgan fingerprint density at radius 1 is 0.892 bits per heavy atom. The Labute approximate surface area is 228 Å². The first-order valence-corrected chi connectivity index (χ1v) is 11.7. The molecule has 6 aromatic rings. The molecular weight excluding hydrogens is 642 g/mol. The normalized spacial score (nSPS) is 12.9. The minimum atomic E-state index is -0.235. The van der Waals surface area contributed by atoms with Gasteiger partial charge >= 0.3 is 0 Å². The number of benzene rings is 2. The van der Waals surface area contributed by atoms with Gasteiger partial charge in [-0.15, -0.1) is 47.5 Å². The van der Waals surface area contributed by atoms with Crippen molar-refractivity contribution in [3.8, 4) is 22.5 Å². The molecule has 0 unspecified atom stereocenters. The third-order valence-electron chi connectivity index (χ3n) is 6.67. The molecule has 0 amide bonds. The number of halogens is 1. The molecule has 185 valence electrons. The molecule has 0 saturated heterocycles. The fraction of sp³-hybridized carbons (Fsp3) is 0.129. The fourth-order valence-corrected chi connectivity index (χ4v) is 4.85. The van der Waals surface area contributed by atoms with E-state index >= 15 is 0 Å². The molecule has 0 N–H and O–H groups in total. The van der Waals surface area contributed by atoms with E-state index in [1.54, 1.807) is 24.7 Å². The van der Waals surface area contributed by atoms with Crippen molar-refractivity contribution in [2.45, 2.75) is 26.2 Å². The molecule has 1 aliphatic rings. The quantitative estimate of drug-likeness (QED) is 0.171. The predicted octanol–water partition coefficient (Wildman–Crippen LogP) is 7.48. The Morgan fingerprint density at radius 3 is 2.57 bits per heavy atom. The van der Waals surface area contributed by atoms with Gasteiger partial charge in [0.05, 0.1) is 11.8 Å². The zero-order valence-corrected chi connectivity index (χ0v) is 22.9. The Morgan fingerprint density at radius 2 is 1.76 bits per heavy atom. The van der Waals surface area contributed by atoms with Crippen LogP contribution in [0.2, 0.25) is 0 Å². The van der Waals surface area contributed by atoms with Gasteiger partial charge < -0.3 is 14.4 Å². The molecule has 0 saturated carbocycles. The first-order valence-electron chi connectivity index (χ1n) is 11.7. The number of aryl methyl sites for hydroxylation is 1. The summed E-state index contributed by atoms with van der Waals surface area (Å²) in [7, 11) is 0. The molecular formula is C31H22FIrN3O-2. The van der Waals surface area contributed by atoms with Crippen LogP contribution in [0.15, 0.2) is 83.8 Å². The summed E-state index contributed by atoms with van der Waals surface area (Å²) >= 11 is 0. The molecule has 7 rings (SSSR count). The van der Waals surface area contributed by atoms with E-state index < -0.39 is 0 Å². The second kappa shape index (κ2) is 9.62. The standard InChI is InChI=1S/C16H9N2O.C15H13FN.Ir/c1-2-8-18-14(6-1)13-5-3-4-12-11-7-9-17-10-15(11)19-16(12)13;1-9-6-13-14(17-8-9)11-5-4-10(16)7-12(11)15(13,2)3;/h1-4,6-10H;4,6-8H,1-3H3;/q2*-1;. The van der Waals surface area contributed by atoms with Crippen molar-refractivity contribution in [1.29, 1.82) is 0 Å². The Balaban J connectivity index is 0.000000148. The van der Waals surface area contributed by atoms with E-state index in [9.17, 15) is 4.39 Å². The second-order valence-electron chi connectivity index (χ2n) is 9.42. The number of aromatic nitrogens is 3. The number of hydrogen-bond donors (Lipinski definition) is 0. The van der Waals surface area contributed by atoms with Crippen LogP contribution in [0.1, 0.15) is 30.5 Å². The van der Waals surface area contributed by atoms with E-state index in [0.717, 1.165) is 61.1 Å². The average Bonchev–Trinajstić information content (AvgIpc) is 3.38. The van der Waals surface area contributed by atoms with E-state index in [4.69, 9.17) is 4.42 Å². The van der Waals surface area contributed by atoms with Crippen molar-refractivity contribution in [3.05, 3.63) is 114 Å². The molecule has 4 aromatic heterocycles. The maximum atomic E-state index is 13.4. The molecule has 0 aliphatic heterocycles. The molecule has 4 nitrogen and oxygen atoms in total. The van der Waals surface area contributed by atoms with Gasteiger partial charge in [0.2, 0.25) is 0 Å². The van der Waals surface area contributed by atoms with Gasteiger partial charge in [-0.05, 0) is 41.4 Å². The van der Waals surface area contributed by atoms with Crippen molar-refractivity contribution < 1.29 is 28.9 Å². The first-order chi connectivity index (χ1) is 17.4. The van der Waals surface area contributed by atoms with Crippen molar-refractivity contribution in [1.82, 2.24) is 15.0 Å². The van der Waals surface area contributed by atoms with Crippen LogP contribution < -0.4 is 0 Å². The summed E-state index contributed by atoms with van der Waals surface area (Å²) in [5.74, 6) is -0.235. The maximum Gasteiger partial charge on any atom is 0.139 e. The molecule has 0 atom stereocenters. The minimum absolute atomic E-state index is 0. The van der Waals surface area contributed by atoms with Gasteiger partial charge in [-0.3, -0.25) is 9.37 Å². The molecule has 2 aromatic carbocycles. The van der Waals surface area contributed by atoms with Crippen molar-refractivity contribution in [2.24, 2.45) is 0 Å². The molecule has 6 heteroatoms. The zero-order valence-electron chi connectivity index (χ0n) is 20.5. The van der Waals surface area contributed by atoms with Crippen LogP contribution >= 0.6 is 0 Å². The van der Waals surface area contributed by atoms with E-state index in [1.807, 2.05) is 49.5 Å². The smallest absolute Gasteiger partial charge is 0.139 e. The number of pyridine rings is 3. The van der Waals surface area contributed by atoms with Gasteiger partial charge in [-0.2, -0.15) is 0 Å². The summed E-state index contributed by atoms with van der Waals surface area (Å²) in [5, 5.41) is 2.13. The van der Waals surface area contributed by atoms with E-state index in [2.05, 4.69) is 47.0 Å². The van der Waals surface area contributed by atoms with Crippen LogP contribution in [0.25, 0.3) is 44.5 Å². The SMILES string of the molecule is Cc1cnc2c(c1)C(C)(C)c1cc(F)c[c-]c1-2.[Ir].[c-]1ccc2c(oc3cnccc32)c1-c1ccccn1. The Hall–Kier alpha value is -3.73. The van der Waals surface area contributed by atoms with Crippen LogP contribution in [0.5, 0.6) is 0 Å². The van der Waals surface area contributed by atoms with Gasteiger partial charge in [-0.25, -0.2) is 0 Å². The second-order valence-corrected chi connectivity index (χ2v) is 9.42. The third-order valence-corrected chi connectivity index (χ3v) is 6.67. The number of fused-ring (bicyclic) bond motifs is 6. The van der Waals surface area contributed by atoms with Gasteiger partial charge in [-0.1, -0.05) is 48.6 Å². The van der Waals surface area contributed by atoms with Gasteiger partial charge in [0.25, 0.3) is 0 Å². The molecule has 37 heavy (non-hydrogen) atoms. The van der Waals surface area contributed by atoms with E-state index in [-0.39, 0.29) is 31.3 Å². The van der Waals surface area contributed by atoms with E-state index in [0.29, 0.717) is 0 Å². The molecule has 1 radical (unpaired) electrons. The molecule has 0 bridgehead atoms. The van der Waals surface area contributed by atoms with Crippen LogP contribution in [-0.4, -0.2) is 15.0 Å². The molecule has 4 heterocycles. The molecule has 0 fully saturated rings. The largest absolute Gasteiger partial charge is 0.499 e. The summed E-state index contributed by atoms with van der Waals surface area (Å²) in [6, 6.07) is 23.0. The fourth-order valence-electron chi connectivity index (χ4n) is 4.85. The minimum Gasteiger partial charge on any atom is -0.499 e. The van der Waals surface area contributed by atoms with Crippen molar-refractivity contribution >= 4 is 21.9 Å². The summed E-state index contributed by atoms with van der Waals surface area (Å²) in [4.78, 5) is 12.9. The van der Waals surface area contributed by atoms with Crippen LogP contribution in [-0.2, 0) is 25.5 Å². The number of rotatable bonds is 1. The number of hydrogen-bond acceptors (Lipinski definition) is 4. The van der Waals surface area contributed by atoms with Crippen LogP contribution in [0.4, 0.5) is 4.39 Å². The Kier molecular flexibility index (Phi) is 6.48. The van der Waals surface area contributed by atoms with Gasteiger partial charge in [0.15, 0.2) is 0 Å². The summed E-state index contributed by atoms with van der Waals surface area (Å²) < 4.78 is 19.3. The van der Waals surface area contributed by atoms with Crippen LogP contribution in [0, 0.1) is 24.9 Å². The number of nitrogens with zero attached hydrogens (tertiary/aromatic N) is 3. The number of furan rings is 1. The van der Waals surface area contributed by atoms with Crippen molar-refractivity contribution in [3.63, 3.8) is 0 Å². The average molecular weight is 664 g/mol. The monoisotopic (exact) mass is 664 g/mol.